The summed E-state index contributed by atoms with van der Waals surface area (Å²) >= 11 is 0. The fourth-order valence-corrected chi connectivity index (χ4v) is 1.48. The van der Waals surface area contributed by atoms with Gasteiger partial charge in [-0.05, 0) is 33.5 Å². The van der Waals surface area contributed by atoms with Crippen molar-refractivity contribution in [3.8, 4) is 0 Å². The van der Waals surface area contributed by atoms with E-state index in [1.807, 2.05) is 14.1 Å². The third kappa shape index (κ3) is 8.98. The van der Waals surface area contributed by atoms with E-state index < -0.39 is 0 Å². The van der Waals surface area contributed by atoms with E-state index in [0.29, 0.717) is 6.54 Å². The van der Waals surface area contributed by atoms with Gasteiger partial charge in [-0.2, -0.15) is 0 Å². The van der Waals surface area contributed by atoms with E-state index in [-0.39, 0.29) is 18.2 Å². The molecule has 0 aromatic carbocycles. The van der Waals surface area contributed by atoms with Crippen molar-refractivity contribution in [1.29, 1.82) is 0 Å². The van der Waals surface area contributed by atoms with Crippen LogP contribution in [0.1, 0.15) is 32.6 Å². The molecule has 0 bridgehead atoms. The van der Waals surface area contributed by atoms with E-state index in [0.717, 1.165) is 32.4 Å². The van der Waals surface area contributed by atoms with Crippen LogP contribution in [0.2, 0.25) is 0 Å². The minimum atomic E-state index is -0.179. The van der Waals surface area contributed by atoms with Gasteiger partial charge in [0.05, 0.1) is 0 Å². The quantitative estimate of drug-likeness (QED) is 0.489. The van der Waals surface area contributed by atoms with E-state index in [9.17, 15) is 9.59 Å². The van der Waals surface area contributed by atoms with E-state index in [1.165, 1.54) is 0 Å². The molecule has 0 rings (SSSR count). The number of amides is 2. The normalized spacial score (nSPS) is 10.5. The third-order valence-corrected chi connectivity index (χ3v) is 2.69. The second kappa shape index (κ2) is 9.88. The summed E-state index contributed by atoms with van der Waals surface area (Å²) in [7, 11) is 5.74. The van der Waals surface area contributed by atoms with E-state index in [1.54, 1.807) is 11.9 Å². The maximum Gasteiger partial charge on any atom is 0.231 e. The van der Waals surface area contributed by atoms with Crippen LogP contribution < -0.4 is 5.32 Å². The van der Waals surface area contributed by atoms with Crippen molar-refractivity contribution >= 4 is 11.8 Å². The molecule has 0 saturated heterocycles. The predicted octanol–water partition coefficient (Wildman–Crippen LogP) is 0.703. The summed E-state index contributed by atoms with van der Waals surface area (Å²) in [6, 6.07) is 0. The standard InChI is InChI=1S/C13H27N3O2/c1-5-6-10-16(4)13(18)11-12(17)14-8-7-9-15(2)3/h5-11H2,1-4H3,(H,14,17). The maximum atomic E-state index is 11.7. The van der Waals surface area contributed by atoms with Crippen molar-refractivity contribution < 1.29 is 9.59 Å². The first-order chi connectivity index (χ1) is 8.47. The minimum Gasteiger partial charge on any atom is -0.356 e. The molecular formula is C13H27N3O2. The zero-order valence-electron chi connectivity index (χ0n) is 12.2. The third-order valence-electron chi connectivity index (χ3n) is 2.69. The van der Waals surface area contributed by atoms with Gasteiger partial charge in [0.2, 0.25) is 11.8 Å². The molecule has 0 aliphatic carbocycles. The highest BCUT2D eigenvalue weighted by molar-refractivity contribution is 5.96. The fraction of sp³-hybridized carbons (Fsp3) is 0.846. The van der Waals surface area contributed by atoms with Crippen LogP contribution >= 0.6 is 0 Å². The molecular weight excluding hydrogens is 230 g/mol. The first-order valence-corrected chi connectivity index (χ1v) is 6.62. The summed E-state index contributed by atoms with van der Waals surface area (Å²) in [4.78, 5) is 26.9. The van der Waals surface area contributed by atoms with Gasteiger partial charge in [0.25, 0.3) is 0 Å². The highest BCUT2D eigenvalue weighted by atomic mass is 16.2. The number of hydrogen-bond donors (Lipinski definition) is 1. The smallest absolute Gasteiger partial charge is 0.231 e. The molecule has 0 spiro atoms. The van der Waals surface area contributed by atoms with Gasteiger partial charge < -0.3 is 15.1 Å². The zero-order valence-corrected chi connectivity index (χ0v) is 12.2. The van der Waals surface area contributed by atoms with Crippen LogP contribution in [0.4, 0.5) is 0 Å². The van der Waals surface area contributed by atoms with Crippen molar-refractivity contribution in [3.63, 3.8) is 0 Å². The van der Waals surface area contributed by atoms with Gasteiger partial charge in [-0.1, -0.05) is 13.3 Å². The molecule has 5 nitrogen and oxygen atoms in total. The van der Waals surface area contributed by atoms with Crippen molar-refractivity contribution in [3.05, 3.63) is 0 Å². The number of nitrogens with zero attached hydrogens (tertiary/aromatic N) is 2. The summed E-state index contributed by atoms with van der Waals surface area (Å²) in [6.07, 6.45) is 2.89. The molecule has 0 heterocycles. The van der Waals surface area contributed by atoms with E-state index >= 15 is 0 Å². The molecule has 0 atom stereocenters. The second-order valence-corrected chi connectivity index (χ2v) is 4.85. The Morgan fingerprint density at radius 1 is 1.06 bits per heavy atom. The molecule has 0 radical (unpaired) electrons. The molecule has 2 amide bonds. The Balaban J connectivity index is 3.70. The summed E-state index contributed by atoms with van der Waals surface area (Å²) < 4.78 is 0. The monoisotopic (exact) mass is 257 g/mol. The number of unbranched alkanes of at least 4 members (excludes halogenated alkanes) is 1. The lowest BCUT2D eigenvalue weighted by Gasteiger charge is -2.16. The van der Waals surface area contributed by atoms with Gasteiger partial charge in [0.1, 0.15) is 6.42 Å². The SMILES string of the molecule is CCCCN(C)C(=O)CC(=O)NCCCN(C)C. The average Bonchev–Trinajstić information content (AvgIpc) is 2.31. The molecule has 0 unspecified atom stereocenters. The number of hydrogen-bond acceptors (Lipinski definition) is 3. The van der Waals surface area contributed by atoms with Gasteiger partial charge in [-0.3, -0.25) is 9.59 Å². The Labute approximate surface area is 111 Å². The lowest BCUT2D eigenvalue weighted by Crippen LogP contribution is -2.34. The first kappa shape index (κ1) is 16.9. The molecule has 0 saturated carbocycles. The van der Waals surface area contributed by atoms with Crippen molar-refractivity contribution in [2.24, 2.45) is 0 Å². The Kier molecular flexibility index (Phi) is 9.28. The summed E-state index contributed by atoms with van der Waals surface area (Å²) in [5, 5.41) is 2.77. The average molecular weight is 257 g/mol. The Morgan fingerprint density at radius 2 is 1.72 bits per heavy atom. The summed E-state index contributed by atoms with van der Waals surface area (Å²) in [5.74, 6) is -0.282. The van der Waals surface area contributed by atoms with Crippen LogP contribution in [0.25, 0.3) is 0 Å². The van der Waals surface area contributed by atoms with Gasteiger partial charge in [0.15, 0.2) is 0 Å². The second-order valence-electron chi connectivity index (χ2n) is 4.85. The van der Waals surface area contributed by atoms with Crippen molar-refractivity contribution in [2.75, 3.05) is 40.8 Å². The molecule has 0 aliphatic rings. The maximum absolute atomic E-state index is 11.7. The van der Waals surface area contributed by atoms with Crippen LogP contribution in [0.15, 0.2) is 0 Å². The Morgan fingerprint density at radius 3 is 2.28 bits per heavy atom. The highest BCUT2D eigenvalue weighted by Crippen LogP contribution is 1.95. The molecule has 5 heteroatoms. The minimum absolute atomic E-state index is 0.0395. The van der Waals surface area contributed by atoms with E-state index in [2.05, 4.69) is 17.1 Å². The molecule has 106 valence electrons. The lowest BCUT2D eigenvalue weighted by atomic mass is 10.3. The number of carbonyl (C=O) groups is 2. The van der Waals surface area contributed by atoms with Crippen LogP contribution in [0.3, 0.4) is 0 Å². The number of rotatable bonds is 9. The Hall–Kier alpha value is -1.10. The Bertz CT molecular complexity index is 255. The summed E-state index contributed by atoms with van der Waals surface area (Å²) in [5.41, 5.74) is 0. The number of nitrogens with one attached hydrogen (secondary N) is 1. The fourth-order valence-electron chi connectivity index (χ4n) is 1.48. The molecule has 0 aromatic heterocycles. The predicted molar refractivity (Wildman–Crippen MR) is 73.3 cm³/mol. The molecule has 0 aliphatic heterocycles. The van der Waals surface area contributed by atoms with Crippen LogP contribution in [-0.4, -0.2) is 62.4 Å². The van der Waals surface area contributed by atoms with Gasteiger partial charge in [-0.15, -0.1) is 0 Å². The van der Waals surface area contributed by atoms with Gasteiger partial charge in [-0.25, -0.2) is 0 Å². The largest absolute Gasteiger partial charge is 0.356 e. The molecule has 18 heavy (non-hydrogen) atoms. The van der Waals surface area contributed by atoms with E-state index in [4.69, 9.17) is 0 Å². The first-order valence-electron chi connectivity index (χ1n) is 6.62. The molecule has 1 N–H and O–H groups in total. The van der Waals surface area contributed by atoms with Crippen LogP contribution in [0.5, 0.6) is 0 Å². The molecule has 0 fully saturated rings. The van der Waals surface area contributed by atoms with Crippen molar-refractivity contribution in [2.45, 2.75) is 32.6 Å². The molecule has 0 aromatic rings. The highest BCUT2D eigenvalue weighted by Gasteiger charge is 2.12. The topological polar surface area (TPSA) is 52.7 Å². The van der Waals surface area contributed by atoms with Gasteiger partial charge in [0, 0.05) is 20.1 Å². The van der Waals surface area contributed by atoms with Gasteiger partial charge >= 0.3 is 0 Å². The zero-order chi connectivity index (χ0) is 14.0. The van der Waals surface area contributed by atoms with Crippen LogP contribution in [0, 0.1) is 0 Å². The number of carbonyl (C=O) groups excluding carboxylic acids is 2. The van der Waals surface area contributed by atoms with Crippen LogP contribution in [-0.2, 0) is 9.59 Å². The summed E-state index contributed by atoms with van der Waals surface area (Å²) in [6.45, 7) is 4.37. The van der Waals surface area contributed by atoms with Crippen molar-refractivity contribution in [1.82, 2.24) is 15.1 Å². The lowest BCUT2D eigenvalue weighted by molar-refractivity contribution is -0.135.